The molecule has 12 heteroatoms. The number of hydrogen-bond donors (Lipinski definition) is 3. The van der Waals surface area contributed by atoms with Gasteiger partial charge in [-0.2, -0.15) is 18.3 Å². The molecule has 0 aliphatic carbocycles. The number of carbonyl (C=O) groups is 2. The van der Waals surface area contributed by atoms with Crippen molar-refractivity contribution in [2.24, 2.45) is 5.92 Å². The van der Waals surface area contributed by atoms with Crippen molar-refractivity contribution in [3.8, 4) is 5.69 Å². The van der Waals surface area contributed by atoms with E-state index in [1.54, 1.807) is 24.3 Å². The number of anilines is 1. The van der Waals surface area contributed by atoms with E-state index in [-0.39, 0.29) is 24.6 Å². The molecule has 1 unspecified atom stereocenters. The summed E-state index contributed by atoms with van der Waals surface area (Å²) >= 11 is 0. The van der Waals surface area contributed by atoms with Gasteiger partial charge in [-0.1, -0.05) is 26.0 Å². The largest absolute Gasteiger partial charge is 0.481 e. The lowest BCUT2D eigenvalue weighted by molar-refractivity contribution is -0.138. The zero-order valence-corrected chi connectivity index (χ0v) is 19.1. The Morgan fingerprint density at radius 3 is 2.29 bits per heavy atom. The summed E-state index contributed by atoms with van der Waals surface area (Å²) in [5, 5.41) is 18.2. The molecule has 2 heterocycles. The molecule has 1 aromatic carbocycles. The number of alkyl halides is 3. The molecular formula is C23H25F3N6O3. The second-order valence-electron chi connectivity index (χ2n) is 8.28. The van der Waals surface area contributed by atoms with Crippen molar-refractivity contribution >= 4 is 17.8 Å². The van der Waals surface area contributed by atoms with E-state index < -0.39 is 23.6 Å². The molecule has 1 amide bonds. The molecular weight excluding hydrogens is 465 g/mol. The van der Waals surface area contributed by atoms with E-state index in [0.717, 1.165) is 24.4 Å². The highest BCUT2D eigenvalue weighted by molar-refractivity contribution is 5.93. The third-order valence-corrected chi connectivity index (χ3v) is 5.02. The third-order valence-electron chi connectivity index (χ3n) is 5.02. The fourth-order valence-corrected chi connectivity index (χ4v) is 3.28. The molecule has 186 valence electrons. The van der Waals surface area contributed by atoms with E-state index in [2.05, 4.69) is 39.5 Å². The summed E-state index contributed by atoms with van der Waals surface area (Å²) in [6.07, 6.45) is 0.482. The third kappa shape index (κ3) is 7.26. The maximum Gasteiger partial charge on any atom is 0.419 e. The highest BCUT2D eigenvalue weighted by atomic mass is 19.4. The van der Waals surface area contributed by atoms with Crippen molar-refractivity contribution in [1.29, 1.82) is 0 Å². The maximum atomic E-state index is 12.9. The Kier molecular flexibility index (Phi) is 8.05. The maximum absolute atomic E-state index is 12.9. The van der Waals surface area contributed by atoms with Crippen LogP contribution in [0.15, 0.2) is 49.1 Å². The summed E-state index contributed by atoms with van der Waals surface area (Å²) in [4.78, 5) is 31.0. The SMILES string of the molecule is CC(C)CC(Nc1ncc(C(=O)NCCC(=O)O)cn1)c1ccc(-n2cc(C(F)(F)F)cn2)cc1. The number of nitrogens with zero attached hydrogens (tertiary/aromatic N) is 4. The lowest BCUT2D eigenvalue weighted by Gasteiger charge is -2.21. The van der Waals surface area contributed by atoms with Crippen LogP contribution in [0.4, 0.5) is 19.1 Å². The minimum absolute atomic E-state index is 0.00330. The fraction of sp³-hybridized carbons (Fsp3) is 0.348. The van der Waals surface area contributed by atoms with Crippen molar-refractivity contribution in [3.05, 3.63) is 65.7 Å². The molecule has 3 rings (SSSR count). The molecule has 2 aromatic heterocycles. The normalized spacial score (nSPS) is 12.4. The first-order valence-electron chi connectivity index (χ1n) is 10.8. The average molecular weight is 490 g/mol. The van der Waals surface area contributed by atoms with Crippen LogP contribution in [-0.2, 0) is 11.0 Å². The topological polar surface area (TPSA) is 122 Å². The predicted molar refractivity (Wildman–Crippen MR) is 121 cm³/mol. The summed E-state index contributed by atoms with van der Waals surface area (Å²) in [6.45, 7) is 4.10. The lowest BCUT2D eigenvalue weighted by Crippen LogP contribution is -2.26. The summed E-state index contributed by atoms with van der Waals surface area (Å²) in [5.41, 5.74) is 0.743. The first-order chi connectivity index (χ1) is 16.5. The van der Waals surface area contributed by atoms with Crippen LogP contribution in [0, 0.1) is 5.92 Å². The molecule has 3 N–H and O–H groups in total. The number of carboxylic acid groups (broad SMARTS) is 1. The van der Waals surface area contributed by atoms with E-state index in [1.165, 1.54) is 17.1 Å². The molecule has 0 aliphatic rings. The Balaban J connectivity index is 1.70. The molecule has 35 heavy (non-hydrogen) atoms. The number of carbonyl (C=O) groups excluding carboxylic acids is 1. The van der Waals surface area contributed by atoms with Crippen molar-refractivity contribution in [2.75, 3.05) is 11.9 Å². The highest BCUT2D eigenvalue weighted by Crippen LogP contribution is 2.30. The predicted octanol–water partition coefficient (Wildman–Crippen LogP) is 4.08. The standard InChI is InChI=1S/C23H25F3N6O3/c1-14(2)9-19(31-22-28-10-16(11-29-22)21(35)27-8-7-20(33)34)15-3-5-18(6-4-15)32-13-17(12-30-32)23(24,25)26/h3-6,10-14,19H,7-9H2,1-2H3,(H,27,35)(H,33,34)(H,28,29,31). The Morgan fingerprint density at radius 1 is 1.09 bits per heavy atom. The summed E-state index contributed by atoms with van der Waals surface area (Å²) < 4.78 is 39.7. The van der Waals surface area contributed by atoms with Crippen molar-refractivity contribution < 1.29 is 27.9 Å². The van der Waals surface area contributed by atoms with Gasteiger partial charge >= 0.3 is 12.1 Å². The summed E-state index contributed by atoms with van der Waals surface area (Å²) in [5.74, 6) is -0.879. The van der Waals surface area contributed by atoms with Crippen LogP contribution in [0.3, 0.4) is 0 Å². The summed E-state index contributed by atoms with van der Waals surface area (Å²) in [6, 6.07) is 6.78. The van der Waals surface area contributed by atoms with Gasteiger partial charge in [0.1, 0.15) is 0 Å². The average Bonchev–Trinajstić information content (AvgIpc) is 3.30. The molecule has 0 bridgehead atoms. The fourth-order valence-electron chi connectivity index (χ4n) is 3.28. The number of nitrogens with one attached hydrogen (secondary N) is 2. The number of rotatable bonds is 10. The van der Waals surface area contributed by atoms with Gasteiger partial charge in [-0.3, -0.25) is 9.59 Å². The number of benzene rings is 1. The van der Waals surface area contributed by atoms with Gasteiger partial charge in [-0.05, 0) is 30.0 Å². The number of carboxylic acids is 1. The molecule has 9 nitrogen and oxygen atoms in total. The molecule has 1 atom stereocenters. The molecule has 0 fully saturated rings. The zero-order valence-electron chi connectivity index (χ0n) is 19.1. The number of halogens is 3. The Labute approximate surface area is 199 Å². The van der Waals surface area contributed by atoms with Crippen LogP contribution in [0.5, 0.6) is 0 Å². The van der Waals surface area contributed by atoms with Crippen LogP contribution in [0.2, 0.25) is 0 Å². The van der Waals surface area contributed by atoms with Crippen LogP contribution in [0.1, 0.15) is 54.2 Å². The monoisotopic (exact) mass is 490 g/mol. The van der Waals surface area contributed by atoms with Gasteiger partial charge in [-0.25, -0.2) is 14.6 Å². The van der Waals surface area contributed by atoms with Gasteiger partial charge in [-0.15, -0.1) is 0 Å². The van der Waals surface area contributed by atoms with Crippen LogP contribution in [0.25, 0.3) is 5.69 Å². The Bertz CT molecular complexity index is 1140. The number of aliphatic carboxylic acids is 1. The zero-order chi connectivity index (χ0) is 25.6. The smallest absolute Gasteiger partial charge is 0.419 e. The lowest BCUT2D eigenvalue weighted by atomic mass is 9.97. The van der Waals surface area contributed by atoms with Gasteiger partial charge < -0.3 is 15.7 Å². The second kappa shape index (κ2) is 11.0. The van der Waals surface area contributed by atoms with Crippen molar-refractivity contribution in [2.45, 2.75) is 38.9 Å². The molecule has 0 saturated carbocycles. The van der Waals surface area contributed by atoms with Gasteiger partial charge in [0.05, 0.1) is 35.5 Å². The Morgan fingerprint density at radius 2 is 1.74 bits per heavy atom. The van der Waals surface area contributed by atoms with Gasteiger partial charge in [0, 0.05) is 25.1 Å². The number of amides is 1. The highest BCUT2D eigenvalue weighted by Gasteiger charge is 2.32. The van der Waals surface area contributed by atoms with E-state index in [1.807, 2.05) is 0 Å². The molecule has 3 aromatic rings. The van der Waals surface area contributed by atoms with Gasteiger partial charge in [0.25, 0.3) is 5.91 Å². The van der Waals surface area contributed by atoms with Crippen LogP contribution >= 0.6 is 0 Å². The first kappa shape index (κ1) is 25.7. The van der Waals surface area contributed by atoms with E-state index in [9.17, 15) is 22.8 Å². The van der Waals surface area contributed by atoms with Crippen LogP contribution < -0.4 is 10.6 Å². The minimum Gasteiger partial charge on any atom is -0.481 e. The molecule has 0 spiro atoms. The van der Waals surface area contributed by atoms with Gasteiger partial charge in [0.15, 0.2) is 0 Å². The van der Waals surface area contributed by atoms with Crippen molar-refractivity contribution in [1.82, 2.24) is 25.1 Å². The molecule has 0 saturated heterocycles. The van der Waals surface area contributed by atoms with E-state index in [4.69, 9.17) is 5.11 Å². The minimum atomic E-state index is -4.46. The molecule has 0 radical (unpaired) electrons. The quantitative estimate of drug-likeness (QED) is 0.391. The van der Waals surface area contributed by atoms with Gasteiger partial charge in [0.2, 0.25) is 5.95 Å². The van der Waals surface area contributed by atoms with Crippen molar-refractivity contribution in [3.63, 3.8) is 0 Å². The molecule has 0 aliphatic heterocycles. The number of aromatic nitrogens is 4. The second-order valence-corrected chi connectivity index (χ2v) is 8.28. The van der Waals surface area contributed by atoms with Crippen LogP contribution in [-0.4, -0.2) is 43.3 Å². The Hall–Kier alpha value is -3.96. The van der Waals surface area contributed by atoms with E-state index in [0.29, 0.717) is 17.6 Å². The number of hydrogen-bond acceptors (Lipinski definition) is 6. The first-order valence-corrected chi connectivity index (χ1v) is 10.8. The van der Waals surface area contributed by atoms with E-state index >= 15 is 0 Å². The summed E-state index contributed by atoms with van der Waals surface area (Å²) in [7, 11) is 0.